The molecule has 2 aromatic rings. The van der Waals surface area contributed by atoms with E-state index in [0.29, 0.717) is 17.2 Å². The number of hydrogen-bond donors (Lipinski definition) is 0. The van der Waals surface area contributed by atoms with Crippen LogP contribution in [0.2, 0.25) is 5.15 Å². The van der Waals surface area contributed by atoms with Crippen LogP contribution in [-0.2, 0) is 4.74 Å². The summed E-state index contributed by atoms with van der Waals surface area (Å²) in [7, 11) is 0. The van der Waals surface area contributed by atoms with Crippen LogP contribution in [0.4, 0.5) is 0 Å². The minimum absolute atomic E-state index is 0.350. The summed E-state index contributed by atoms with van der Waals surface area (Å²) >= 11 is 6.12. The molecule has 0 spiro atoms. The second-order valence-corrected chi connectivity index (χ2v) is 5.52. The topological polar surface area (TPSA) is 39.4 Å². The molecule has 19 heavy (non-hydrogen) atoms. The summed E-state index contributed by atoms with van der Waals surface area (Å²) in [4.78, 5) is 8.71. The molecule has 3 rings (SSSR count). The van der Waals surface area contributed by atoms with Gasteiger partial charge in [0.25, 0.3) is 0 Å². The first-order chi connectivity index (χ1) is 9.20. The number of rotatable bonds is 2. The molecule has 0 bridgehead atoms. The fourth-order valence-corrected chi connectivity index (χ4v) is 2.96. The molecule has 4 nitrogen and oxygen atoms in total. The first-order valence-electron chi connectivity index (χ1n) is 6.80. The van der Waals surface area contributed by atoms with Crippen molar-refractivity contribution in [2.75, 3.05) is 6.61 Å². The van der Waals surface area contributed by atoms with Crippen LogP contribution in [0, 0.1) is 6.92 Å². The molecule has 0 saturated carbocycles. The summed E-state index contributed by atoms with van der Waals surface area (Å²) in [6.07, 6.45) is 7.33. The van der Waals surface area contributed by atoms with E-state index >= 15 is 0 Å². The average Bonchev–Trinajstić information content (AvgIpc) is 2.89. The van der Waals surface area contributed by atoms with E-state index < -0.39 is 0 Å². The normalized spacial score (nSPS) is 23.9. The molecule has 0 aliphatic carbocycles. The Bertz CT molecular complexity index is 588. The van der Waals surface area contributed by atoms with Crippen molar-refractivity contribution >= 4 is 17.1 Å². The highest BCUT2D eigenvalue weighted by Gasteiger charge is 2.25. The zero-order valence-corrected chi connectivity index (χ0v) is 12.0. The Morgan fingerprint density at radius 1 is 1.37 bits per heavy atom. The molecule has 102 valence electrons. The smallest absolute Gasteiger partial charge is 0.154 e. The van der Waals surface area contributed by atoms with Gasteiger partial charge in [-0.15, -0.1) is 0 Å². The highest BCUT2D eigenvalue weighted by molar-refractivity contribution is 6.32. The van der Waals surface area contributed by atoms with Gasteiger partial charge in [0.05, 0.1) is 18.9 Å². The van der Waals surface area contributed by atoms with Crippen LogP contribution in [0.25, 0.3) is 5.52 Å². The lowest BCUT2D eigenvalue weighted by atomic mass is 9.96. The second-order valence-electron chi connectivity index (χ2n) is 5.17. The summed E-state index contributed by atoms with van der Waals surface area (Å²) < 4.78 is 7.99. The first-order valence-corrected chi connectivity index (χ1v) is 7.18. The summed E-state index contributed by atoms with van der Waals surface area (Å²) in [5.74, 6) is 1.40. The molecule has 0 radical (unpaired) electrons. The summed E-state index contributed by atoms with van der Waals surface area (Å²) in [6, 6.07) is 0. The molecule has 3 heterocycles. The minimum Gasteiger partial charge on any atom is -0.377 e. The van der Waals surface area contributed by atoms with Crippen molar-refractivity contribution in [3.05, 3.63) is 29.1 Å². The lowest BCUT2D eigenvalue weighted by molar-refractivity contribution is 0.000317. The Morgan fingerprint density at radius 3 is 2.89 bits per heavy atom. The number of ether oxygens (including phenoxy) is 1. The van der Waals surface area contributed by atoms with Crippen LogP contribution < -0.4 is 0 Å². The molecule has 2 aromatic heterocycles. The number of nitrogens with zero attached hydrogens (tertiary/aromatic N) is 3. The average molecular weight is 280 g/mol. The standard InChI is InChI=1S/C14H18ClN3O/c1-3-11-5-4-10(8-19-11)14-17-7-12-13(15)16-6-9(2)18(12)14/h6-7,10-11H,3-5,8H2,1-2H3. The highest BCUT2D eigenvalue weighted by Crippen LogP contribution is 2.30. The van der Waals surface area contributed by atoms with Gasteiger partial charge in [0.1, 0.15) is 11.3 Å². The molecular formula is C14H18ClN3O. The number of aromatic nitrogens is 3. The molecule has 1 aliphatic heterocycles. The van der Waals surface area contributed by atoms with Gasteiger partial charge in [0.2, 0.25) is 0 Å². The van der Waals surface area contributed by atoms with Crippen LogP contribution in [-0.4, -0.2) is 27.1 Å². The summed E-state index contributed by atoms with van der Waals surface area (Å²) in [5.41, 5.74) is 1.94. The third-order valence-electron chi connectivity index (χ3n) is 3.91. The fourth-order valence-electron chi connectivity index (χ4n) is 2.78. The summed E-state index contributed by atoms with van der Waals surface area (Å²) in [5, 5.41) is 0.507. The Hall–Kier alpha value is -1.13. The van der Waals surface area contributed by atoms with Gasteiger partial charge in [-0.2, -0.15) is 0 Å². The van der Waals surface area contributed by atoms with Gasteiger partial charge in [0, 0.05) is 17.8 Å². The summed E-state index contributed by atoms with van der Waals surface area (Å²) in [6.45, 7) is 4.95. The number of hydrogen-bond acceptors (Lipinski definition) is 3. The van der Waals surface area contributed by atoms with Gasteiger partial charge in [-0.1, -0.05) is 18.5 Å². The van der Waals surface area contributed by atoms with Crippen LogP contribution in [0.5, 0.6) is 0 Å². The molecular weight excluding hydrogens is 262 g/mol. The van der Waals surface area contributed by atoms with Gasteiger partial charge in [0.15, 0.2) is 5.15 Å². The lowest BCUT2D eigenvalue weighted by Crippen LogP contribution is -2.25. The molecule has 2 unspecified atom stereocenters. The van der Waals surface area contributed by atoms with Crippen molar-refractivity contribution in [1.82, 2.24) is 14.4 Å². The van der Waals surface area contributed by atoms with Gasteiger partial charge in [-0.3, -0.25) is 4.40 Å². The van der Waals surface area contributed by atoms with Crippen molar-refractivity contribution in [2.45, 2.75) is 45.1 Å². The van der Waals surface area contributed by atoms with E-state index in [1.165, 1.54) is 0 Å². The molecule has 1 saturated heterocycles. The predicted molar refractivity (Wildman–Crippen MR) is 74.7 cm³/mol. The SMILES string of the molecule is CCC1CCC(c2ncc3c(Cl)ncc(C)n23)CO1. The van der Waals surface area contributed by atoms with E-state index in [9.17, 15) is 0 Å². The Morgan fingerprint density at radius 2 is 2.21 bits per heavy atom. The van der Waals surface area contributed by atoms with Crippen LogP contribution >= 0.6 is 11.6 Å². The maximum Gasteiger partial charge on any atom is 0.154 e. The van der Waals surface area contributed by atoms with Crippen molar-refractivity contribution in [1.29, 1.82) is 0 Å². The number of fused-ring (bicyclic) bond motifs is 1. The largest absolute Gasteiger partial charge is 0.377 e. The van der Waals surface area contributed by atoms with E-state index in [1.807, 2.05) is 13.1 Å². The van der Waals surface area contributed by atoms with E-state index in [4.69, 9.17) is 16.3 Å². The minimum atomic E-state index is 0.350. The zero-order valence-electron chi connectivity index (χ0n) is 11.3. The quantitative estimate of drug-likeness (QED) is 0.846. The molecule has 5 heteroatoms. The van der Waals surface area contributed by atoms with Crippen LogP contribution in [0.15, 0.2) is 12.4 Å². The lowest BCUT2D eigenvalue weighted by Gasteiger charge is -2.27. The van der Waals surface area contributed by atoms with Gasteiger partial charge >= 0.3 is 0 Å². The van der Waals surface area contributed by atoms with Crippen molar-refractivity contribution in [3.8, 4) is 0 Å². The van der Waals surface area contributed by atoms with Gasteiger partial charge < -0.3 is 4.74 Å². The maximum atomic E-state index is 6.12. The zero-order chi connectivity index (χ0) is 13.4. The van der Waals surface area contributed by atoms with E-state index in [0.717, 1.165) is 42.9 Å². The van der Waals surface area contributed by atoms with E-state index in [2.05, 4.69) is 21.3 Å². The monoisotopic (exact) mass is 279 g/mol. The van der Waals surface area contributed by atoms with Crippen LogP contribution in [0.1, 0.15) is 43.6 Å². The van der Waals surface area contributed by atoms with Crippen molar-refractivity contribution in [3.63, 3.8) is 0 Å². The third-order valence-corrected chi connectivity index (χ3v) is 4.20. The highest BCUT2D eigenvalue weighted by atomic mass is 35.5. The fraction of sp³-hybridized carbons (Fsp3) is 0.571. The van der Waals surface area contributed by atoms with Gasteiger partial charge in [-0.25, -0.2) is 9.97 Å². The Labute approximate surface area is 117 Å². The van der Waals surface area contributed by atoms with Crippen LogP contribution in [0.3, 0.4) is 0 Å². The number of imidazole rings is 1. The van der Waals surface area contributed by atoms with E-state index in [1.54, 1.807) is 6.20 Å². The Balaban J connectivity index is 1.96. The Kier molecular flexibility index (Phi) is 3.46. The second kappa shape index (κ2) is 5.10. The molecule has 0 aromatic carbocycles. The van der Waals surface area contributed by atoms with E-state index in [-0.39, 0.29) is 0 Å². The maximum absolute atomic E-state index is 6.12. The molecule has 1 aliphatic rings. The third kappa shape index (κ3) is 2.23. The predicted octanol–water partition coefficient (Wildman–Crippen LogP) is 3.36. The molecule has 2 atom stereocenters. The number of aryl methyl sites for hydroxylation is 1. The van der Waals surface area contributed by atoms with Crippen molar-refractivity contribution < 1.29 is 4.74 Å². The van der Waals surface area contributed by atoms with Gasteiger partial charge in [-0.05, 0) is 26.2 Å². The molecule has 0 N–H and O–H groups in total. The molecule has 0 amide bonds. The first kappa shape index (κ1) is 12.9. The van der Waals surface area contributed by atoms with Crippen molar-refractivity contribution in [2.24, 2.45) is 0 Å². The number of halogens is 1. The molecule has 1 fully saturated rings.